The van der Waals surface area contributed by atoms with Gasteiger partial charge in [0.05, 0.1) is 23.7 Å². The average molecular weight is 422 g/mol. The number of halogens is 1. The summed E-state index contributed by atoms with van der Waals surface area (Å²) in [5.74, 6) is -2.21. The second-order valence-corrected chi connectivity index (χ2v) is 7.86. The van der Waals surface area contributed by atoms with Gasteiger partial charge in [0.2, 0.25) is 0 Å². The van der Waals surface area contributed by atoms with Crippen molar-refractivity contribution < 1.29 is 34.4 Å². The van der Waals surface area contributed by atoms with Crippen LogP contribution in [-0.2, 0) is 25.5 Å². The summed E-state index contributed by atoms with van der Waals surface area (Å²) in [6, 6.07) is 4.77. The summed E-state index contributed by atoms with van der Waals surface area (Å²) in [5, 5.41) is 31.2. The predicted molar refractivity (Wildman–Crippen MR) is 102 cm³/mol. The van der Waals surface area contributed by atoms with Crippen molar-refractivity contribution in [2.75, 3.05) is 6.61 Å². The number of phenolic OH excluding ortho intramolecular Hbond substituents is 1. The highest BCUT2D eigenvalue weighted by molar-refractivity contribution is 6.24. The standard InChI is InChI=1S/C20H20ClNO7/c1-9-17-20(29-17)13(8-28-9)16(24)12(7-15(20)21)18(25)22-14(19(26)27)6-10-2-4-11(23)5-3-10/h2-5,7,9,14-15,17,23-24H,6,8H2,1H3,(H,22,25)(H,26,27)/t9?,14-,15?,17?,20?/m0/s1. The Bertz CT molecular complexity index is 925. The second-order valence-electron chi connectivity index (χ2n) is 7.39. The highest BCUT2D eigenvalue weighted by Crippen LogP contribution is 2.56. The van der Waals surface area contributed by atoms with Gasteiger partial charge in [0.25, 0.3) is 5.91 Å². The monoisotopic (exact) mass is 421 g/mol. The van der Waals surface area contributed by atoms with Crippen LogP contribution in [0.5, 0.6) is 5.75 Å². The number of aliphatic carboxylic acids is 1. The summed E-state index contributed by atoms with van der Waals surface area (Å²) in [6.45, 7) is 1.93. The van der Waals surface area contributed by atoms with Gasteiger partial charge in [-0.15, -0.1) is 11.6 Å². The first kappa shape index (κ1) is 19.8. The lowest BCUT2D eigenvalue weighted by Crippen LogP contribution is -2.47. The van der Waals surface area contributed by atoms with Gasteiger partial charge in [-0.2, -0.15) is 0 Å². The highest BCUT2D eigenvalue weighted by atomic mass is 35.5. The molecule has 1 aromatic rings. The summed E-state index contributed by atoms with van der Waals surface area (Å²) in [7, 11) is 0. The number of carboxylic acids is 1. The first-order valence-corrected chi connectivity index (χ1v) is 9.57. The molecule has 5 atom stereocenters. The number of aromatic hydroxyl groups is 1. The summed E-state index contributed by atoms with van der Waals surface area (Å²) in [6.07, 6.45) is 0.926. The SMILES string of the molecule is CC1OCC2=C(O)C(C(=O)N[C@@H](Cc3ccc(O)cc3)C(=O)O)=CC(Cl)C23OC13. The van der Waals surface area contributed by atoms with E-state index >= 15 is 0 Å². The number of benzene rings is 1. The number of amides is 1. The van der Waals surface area contributed by atoms with Crippen LogP contribution in [0.1, 0.15) is 12.5 Å². The van der Waals surface area contributed by atoms with Crippen LogP contribution in [0.15, 0.2) is 47.2 Å². The minimum Gasteiger partial charge on any atom is -0.508 e. The summed E-state index contributed by atoms with van der Waals surface area (Å²) < 4.78 is 11.3. The Morgan fingerprint density at radius 3 is 2.66 bits per heavy atom. The average Bonchev–Trinajstić information content (AvgIpc) is 3.43. The Balaban J connectivity index is 1.53. The number of phenols is 1. The largest absolute Gasteiger partial charge is 0.508 e. The van der Waals surface area contributed by atoms with Crippen molar-refractivity contribution in [2.24, 2.45) is 0 Å². The Morgan fingerprint density at radius 2 is 2.00 bits per heavy atom. The Labute approximate surface area is 171 Å². The molecular weight excluding hydrogens is 402 g/mol. The molecular formula is C20H20ClNO7. The molecule has 9 heteroatoms. The fourth-order valence-corrected chi connectivity index (χ4v) is 4.35. The molecule has 0 radical (unpaired) electrons. The third kappa shape index (κ3) is 3.27. The molecule has 29 heavy (non-hydrogen) atoms. The fourth-order valence-electron chi connectivity index (χ4n) is 3.92. The number of epoxide rings is 1. The molecule has 0 bridgehead atoms. The predicted octanol–water partition coefficient (Wildman–Crippen LogP) is 1.42. The summed E-state index contributed by atoms with van der Waals surface area (Å²) >= 11 is 6.46. The van der Waals surface area contributed by atoms with Crippen LogP contribution in [0.3, 0.4) is 0 Å². The number of carbonyl (C=O) groups is 2. The third-order valence-electron chi connectivity index (χ3n) is 5.56. The van der Waals surface area contributed by atoms with E-state index in [1.54, 1.807) is 12.1 Å². The molecule has 2 aliphatic heterocycles. The van der Waals surface area contributed by atoms with Crippen LogP contribution in [0, 0.1) is 0 Å². The number of aliphatic hydroxyl groups is 1. The van der Waals surface area contributed by atoms with Gasteiger partial charge in [0.1, 0.15) is 29.3 Å². The summed E-state index contributed by atoms with van der Waals surface area (Å²) in [4.78, 5) is 24.4. The second kappa shape index (κ2) is 7.05. The van der Waals surface area contributed by atoms with Crippen molar-refractivity contribution >= 4 is 23.5 Å². The lowest BCUT2D eigenvalue weighted by molar-refractivity contribution is -0.141. The number of hydrogen-bond acceptors (Lipinski definition) is 6. The van der Waals surface area contributed by atoms with Crippen LogP contribution in [-0.4, -0.2) is 63.0 Å². The first-order chi connectivity index (χ1) is 13.7. The van der Waals surface area contributed by atoms with E-state index in [0.717, 1.165) is 0 Å². The van der Waals surface area contributed by atoms with Crippen molar-refractivity contribution in [1.29, 1.82) is 0 Å². The molecule has 0 aromatic heterocycles. The van der Waals surface area contributed by atoms with Crippen LogP contribution >= 0.6 is 11.6 Å². The summed E-state index contributed by atoms with van der Waals surface area (Å²) in [5.41, 5.74) is 0.0492. The number of ether oxygens (including phenoxy) is 2. The smallest absolute Gasteiger partial charge is 0.326 e. The van der Waals surface area contributed by atoms with E-state index in [2.05, 4.69) is 5.32 Å². The molecule has 1 aliphatic carbocycles. The molecule has 1 aromatic carbocycles. The number of carboxylic acid groups (broad SMARTS) is 1. The molecule has 3 aliphatic rings. The van der Waals surface area contributed by atoms with Crippen molar-refractivity contribution in [3.63, 3.8) is 0 Å². The molecule has 2 heterocycles. The van der Waals surface area contributed by atoms with E-state index in [9.17, 15) is 24.9 Å². The molecule has 4 rings (SSSR count). The van der Waals surface area contributed by atoms with Crippen molar-refractivity contribution in [3.8, 4) is 5.75 Å². The maximum Gasteiger partial charge on any atom is 0.326 e. The van der Waals surface area contributed by atoms with Crippen molar-refractivity contribution in [3.05, 3.63) is 52.8 Å². The molecule has 0 saturated carbocycles. The zero-order chi connectivity index (χ0) is 20.9. The molecule has 1 spiro atoms. The van der Waals surface area contributed by atoms with Gasteiger partial charge in [-0.3, -0.25) is 4.79 Å². The van der Waals surface area contributed by atoms with Crippen molar-refractivity contribution in [1.82, 2.24) is 5.32 Å². The van der Waals surface area contributed by atoms with Gasteiger partial charge in [0.15, 0.2) is 0 Å². The van der Waals surface area contributed by atoms with E-state index in [1.165, 1.54) is 18.2 Å². The van der Waals surface area contributed by atoms with Gasteiger partial charge in [-0.05, 0) is 30.7 Å². The quantitative estimate of drug-likeness (QED) is 0.418. The van der Waals surface area contributed by atoms with E-state index in [-0.39, 0.29) is 42.3 Å². The topological polar surface area (TPSA) is 129 Å². The molecule has 154 valence electrons. The molecule has 2 saturated heterocycles. The minimum atomic E-state index is -1.23. The van der Waals surface area contributed by atoms with Crippen molar-refractivity contribution in [2.45, 2.75) is 42.6 Å². The maximum absolute atomic E-state index is 12.8. The number of rotatable bonds is 5. The Morgan fingerprint density at radius 1 is 1.31 bits per heavy atom. The number of nitrogens with one attached hydrogen (secondary N) is 1. The van der Waals surface area contributed by atoms with Crippen LogP contribution < -0.4 is 5.32 Å². The normalized spacial score (nSPS) is 31.2. The van der Waals surface area contributed by atoms with E-state index in [1.807, 2.05) is 6.92 Å². The third-order valence-corrected chi connectivity index (χ3v) is 6.01. The van der Waals surface area contributed by atoms with Gasteiger partial charge >= 0.3 is 5.97 Å². The van der Waals surface area contributed by atoms with Gasteiger partial charge in [-0.25, -0.2) is 4.79 Å². The number of aliphatic hydroxyl groups excluding tert-OH is 1. The molecule has 4 unspecified atom stereocenters. The Hall–Kier alpha value is -2.55. The van der Waals surface area contributed by atoms with Crippen LogP contribution in [0.4, 0.5) is 0 Å². The molecule has 1 amide bonds. The molecule has 8 nitrogen and oxygen atoms in total. The van der Waals surface area contributed by atoms with E-state index < -0.39 is 28.9 Å². The minimum absolute atomic E-state index is 0.00597. The van der Waals surface area contributed by atoms with E-state index in [0.29, 0.717) is 11.1 Å². The van der Waals surface area contributed by atoms with E-state index in [4.69, 9.17) is 21.1 Å². The highest BCUT2D eigenvalue weighted by Gasteiger charge is 2.69. The van der Waals surface area contributed by atoms with Crippen LogP contribution in [0.2, 0.25) is 0 Å². The fraction of sp³-hybridized carbons (Fsp3) is 0.400. The van der Waals surface area contributed by atoms with Gasteiger partial charge in [0, 0.05) is 12.0 Å². The number of alkyl halides is 1. The first-order valence-electron chi connectivity index (χ1n) is 9.14. The van der Waals surface area contributed by atoms with Crippen LogP contribution in [0.25, 0.3) is 0 Å². The Kier molecular flexibility index (Phi) is 4.80. The lowest BCUT2D eigenvalue weighted by Gasteiger charge is -2.32. The molecule has 2 fully saturated rings. The maximum atomic E-state index is 12.8. The number of hydrogen-bond donors (Lipinski definition) is 4. The zero-order valence-electron chi connectivity index (χ0n) is 15.5. The van der Waals surface area contributed by atoms with Gasteiger partial charge < -0.3 is 30.1 Å². The molecule has 4 N–H and O–H groups in total. The van der Waals surface area contributed by atoms with Gasteiger partial charge in [-0.1, -0.05) is 12.1 Å². The zero-order valence-corrected chi connectivity index (χ0v) is 16.2. The lowest BCUT2D eigenvalue weighted by atomic mass is 9.81. The number of carbonyl (C=O) groups excluding carboxylic acids is 1.